The van der Waals surface area contributed by atoms with Crippen molar-refractivity contribution in [3.05, 3.63) is 58.2 Å². The highest BCUT2D eigenvalue weighted by molar-refractivity contribution is 9.10. The standard InChI is InChI=1S/C28H38BrN3O4/c1-19(31-9-13-35-24-7-6-22(29)17-25(24)36-18-28(2,3)4)14-20-15-21-8-11-32(10-5-12-33)26(21)23(16-20)27(30)34/h6-8,11,15-17,19,31,33H,5,9-10,12-14,18H2,1-4H3,(H2,30,34)/t19-/m1/s1. The average molecular weight is 561 g/mol. The number of aliphatic hydroxyl groups is 1. The zero-order chi connectivity index (χ0) is 26.3. The number of hydrogen-bond acceptors (Lipinski definition) is 5. The molecule has 2 aromatic carbocycles. The number of benzene rings is 2. The van der Waals surface area contributed by atoms with Gasteiger partial charge in [-0.1, -0.05) is 36.7 Å². The summed E-state index contributed by atoms with van der Waals surface area (Å²) in [6, 6.07) is 11.9. The number of carbonyl (C=O) groups is 1. The van der Waals surface area contributed by atoms with Gasteiger partial charge in [-0.3, -0.25) is 4.79 Å². The number of amides is 1. The molecule has 1 atom stereocenters. The lowest BCUT2D eigenvalue weighted by Crippen LogP contribution is -2.32. The Labute approximate surface area is 222 Å². The molecule has 36 heavy (non-hydrogen) atoms. The monoisotopic (exact) mass is 559 g/mol. The number of aliphatic hydroxyl groups excluding tert-OH is 1. The molecule has 0 saturated heterocycles. The first-order valence-corrected chi connectivity index (χ1v) is 13.2. The fourth-order valence-electron chi connectivity index (χ4n) is 4.04. The minimum absolute atomic E-state index is 0.0516. The van der Waals surface area contributed by atoms with Gasteiger partial charge in [0.1, 0.15) is 6.61 Å². The van der Waals surface area contributed by atoms with E-state index >= 15 is 0 Å². The van der Waals surface area contributed by atoms with Crippen LogP contribution in [0.15, 0.2) is 47.1 Å². The molecular formula is C28H38BrN3O4. The lowest BCUT2D eigenvalue weighted by Gasteiger charge is -2.21. The molecule has 7 nitrogen and oxygen atoms in total. The number of aryl methyl sites for hydroxylation is 1. The van der Waals surface area contributed by atoms with Gasteiger partial charge in [-0.25, -0.2) is 0 Å². The highest BCUT2D eigenvalue weighted by atomic mass is 79.9. The SMILES string of the molecule is C[C@H](Cc1cc(C(N)=O)c2c(ccn2CCCO)c1)NCCOc1ccc(Br)cc1OCC(C)(C)C. The molecule has 0 aliphatic heterocycles. The average Bonchev–Trinajstić information content (AvgIpc) is 3.21. The van der Waals surface area contributed by atoms with Gasteiger partial charge < -0.3 is 30.2 Å². The smallest absolute Gasteiger partial charge is 0.250 e. The highest BCUT2D eigenvalue weighted by Gasteiger charge is 2.16. The van der Waals surface area contributed by atoms with Crippen molar-refractivity contribution in [2.75, 3.05) is 26.4 Å². The van der Waals surface area contributed by atoms with Crippen LogP contribution in [0.3, 0.4) is 0 Å². The first kappa shape index (κ1) is 28.0. The van der Waals surface area contributed by atoms with Gasteiger partial charge in [0.15, 0.2) is 11.5 Å². The summed E-state index contributed by atoms with van der Waals surface area (Å²) < 4.78 is 14.9. The van der Waals surface area contributed by atoms with Crippen LogP contribution in [0.5, 0.6) is 11.5 Å². The molecule has 3 rings (SSSR count). The van der Waals surface area contributed by atoms with Crippen LogP contribution in [0, 0.1) is 5.41 Å². The molecule has 4 N–H and O–H groups in total. The molecule has 0 fully saturated rings. The van der Waals surface area contributed by atoms with Gasteiger partial charge in [-0.15, -0.1) is 0 Å². The Kier molecular flexibility index (Phi) is 9.82. The molecule has 196 valence electrons. The maximum absolute atomic E-state index is 12.2. The summed E-state index contributed by atoms with van der Waals surface area (Å²) in [5, 5.41) is 13.6. The zero-order valence-corrected chi connectivity index (χ0v) is 23.2. The van der Waals surface area contributed by atoms with E-state index in [1.165, 1.54) is 0 Å². The Morgan fingerprint density at radius 1 is 1.17 bits per heavy atom. The van der Waals surface area contributed by atoms with Gasteiger partial charge in [0, 0.05) is 41.8 Å². The van der Waals surface area contributed by atoms with Crippen molar-refractivity contribution in [3.8, 4) is 11.5 Å². The van der Waals surface area contributed by atoms with E-state index in [-0.39, 0.29) is 18.1 Å². The predicted molar refractivity (Wildman–Crippen MR) is 148 cm³/mol. The van der Waals surface area contributed by atoms with E-state index < -0.39 is 5.91 Å². The third kappa shape index (κ3) is 7.98. The first-order valence-electron chi connectivity index (χ1n) is 12.4. The number of primary amides is 1. The van der Waals surface area contributed by atoms with Gasteiger partial charge >= 0.3 is 0 Å². The molecule has 8 heteroatoms. The number of fused-ring (bicyclic) bond motifs is 1. The summed E-state index contributed by atoms with van der Waals surface area (Å²) in [7, 11) is 0. The normalized spacial score (nSPS) is 12.6. The molecule has 0 unspecified atom stereocenters. The molecule has 0 saturated carbocycles. The molecule has 0 bridgehead atoms. The largest absolute Gasteiger partial charge is 0.489 e. The van der Waals surface area contributed by atoms with E-state index in [4.69, 9.17) is 20.3 Å². The molecule has 1 amide bonds. The number of carbonyl (C=O) groups excluding carboxylic acids is 1. The Morgan fingerprint density at radius 3 is 2.64 bits per heavy atom. The van der Waals surface area contributed by atoms with E-state index in [9.17, 15) is 4.79 Å². The van der Waals surface area contributed by atoms with E-state index in [2.05, 4.69) is 55.0 Å². The third-order valence-electron chi connectivity index (χ3n) is 5.70. The Hall–Kier alpha value is -2.55. The molecule has 1 heterocycles. The van der Waals surface area contributed by atoms with Crippen LogP contribution in [0.25, 0.3) is 10.9 Å². The minimum Gasteiger partial charge on any atom is -0.489 e. The quantitative estimate of drug-likeness (QED) is 0.258. The van der Waals surface area contributed by atoms with Crippen molar-refractivity contribution in [3.63, 3.8) is 0 Å². The minimum atomic E-state index is -0.446. The number of nitrogens with one attached hydrogen (secondary N) is 1. The van der Waals surface area contributed by atoms with Crippen LogP contribution in [0.4, 0.5) is 0 Å². The maximum atomic E-state index is 12.2. The van der Waals surface area contributed by atoms with Crippen LogP contribution in [-0.2, 0) is 13.0 Å². The first-order chi connectivity index (χ1) is 17.1. The molecule has 0 aliphatic rings. The number of halogens is 1. The van der Waals surface area contributed by atoms with Crippen LogP contribution in [0.2, 0.25) is 0 Å². The molecular weight excluding hydrogens is 522 g/mol. The van der Waals surface area contributed by atoms with E-state index in [0.29, 0.717) is 38.3 Å². The van der Waals surface area contributed by atoms with Crippen LogP contribution in [-0.4, -0.2) is 48.0 Å². The third-order valence-corrected chi connectivity index (χ3v) is 6.20. The van der Waals surface area contributed by atoms with Gasteiger partial charge in [0.2, 0.25) is 0 Å². The Bertz CT molecular complexity index is 1170. The van der Waals surface area contributed by atoms with Crippen LogP contribution < -0.4 is 20.5 Å². The zero-order valence-electron chi connectivity index (χ0n) is 21.6. The lowest BCUT2D eigenvalue weighted by molar-refractivity contribution is 0.100. The summed E-state index contributed by atoms with van der Waals surface area (Å²) in [4.78, 5) is 12.2. The maximum Gasteiger partial charge on any atom is 0.250 e. The van der Waals surface area contributed by atoms with E-state index in [1.54, 1.807) is 0 Å². The van der Waals surface area contributed by atoms with Crippen molar-refractivity contribution < 1.29 is 19.4 Å². The predicted octanol–water partition coefficient (Wildman–Crippen LogP) is 4.91. The van der Waals surface area contributed by atoms with Crippen LogP contribution in [0.1, 0.15) is 50.0 Å². The fourth-order valence-corrected chi connectivity index (χ4v) is 4.38. The number of rotatable bonds is 13. The summed E-state index contributed by atoms with van der Waals surface area (Å²) >= 11 is 3.50. The van der Waals surface area contributed by atoms with Crippen LogP contribution >= 0.6 is 15.9 Å². The fraction of sp³-hybridized carbons (Fsp3) is 0.464. The summed E-state index contributed by atoms with van der Waals surface area (Å²) in [6.07, 6.45) is 3.31. The second kappa shape index (κ2) is 12.6. The van der Waals surface area contributed by atoms with E-state index in [0.717, 1.165) is 38.9 Å². The van der Waals surface area contributed by atoms with Crippen molar-refractivity contribution >= 4 is 32.7 Å². The van der Waals surface area contributed by atoms with E-state index in [1.807, 2.05) is 41.1 Å². The lowest BCUT2D eigenvalue weighted by atomic mass is 9.99. The van der Waals surface area contributed by atoms with Gasteiger partial charge in [-0.05, 0) is 67.1 Å². The Balaban J connectivity index is 1.58. The summed E-state index contributed by atoms with van der Waals surface area (Å²) in [5.74, 6) is 1.00. The van der Waals surface area contributed by atoms with Gasteiger partial charge in [0.05, 0.1) is 17.7 Å². The number of aromatic nitrogens is 1. The number of hydrogen-bond donors (Lipinski definition) is 3. The Morgan fingerprint density at radius 2 is 1.94 bits per heavy atom. The van der Waals surface area contributed by atoms with Crippen molar-refractivity contribution in [1.82, 2.24) is 9.88 Å². The van der Waals surface area contributed by atoms with Crippen molar-refractivity contribution in [2.45, 2.75) is 53.1 Å². The second-order valence-corrected chi connectivity index (χ2v) is 11.3. The topological polar surface area (TPSA) is 98.7 Å². The second-order valence-electron chi connectivity index (χ2n) is 10.4. The molecule has 3 aromatic rings. The van der Waals surface area contributed by atoms with Gasteiger partial charge in [-0.2, -0.15) is 0 Å². The van der Waals surface area contributed by atoms with Crippen molar-refractivity contribution in [1.29, 1.82) is 0 Å². The molecule has 0 aliphatic carbocycles. The number of nitrogens with two attached hydrogens (primary N) is 1. The molecule has 0 spiro atoms. The highest BCUT2D eigenvalue weighted by Crippen LogP contribution is 2.32. The summed E-state index contributed by atoms with van der Waals surface area (Å²) in [6.45, 7) is 11.0. The summed E-state index contributed by atoms with van der Waals surface area (Å²) in [5.41, 5.74) is 8.14. The number of ether oxygens (including phenoxy) is 2. The van der Waals surface area contributed by atoms with Gasteiger partial charge in [0.25, 0.3) is 5.91 Å². The molecule has 1 aromatic heterocycles. The number of nitrogens with zero attached hydrogens (tertiary/aromatic N) is 1. The molecule has 0 radical (unpaired) electrons. The van der Waals surface area contributed by atoms with Crippen molar-refractivity contribution in [2.24, 2.45) is 11.1 Å².